The molecule has 98 valence electrons. The Labute approximate surface area is 111 Å². The maximum absolute atomic E-state index is 11.5. The van der Waals surface area contributed by atoms with E-state index in [1.807, 2.05) is 13.8 Å². The fourth-order valence-electron chi connectivity index (χ4n) is 1.32. The fourth-order valence-corrected chi connectivity index (χ4v) is 2.12. The van der Waals surface area contributed by atoms with Crippen molar-refractivity contribution in [3.8, 4) is 0 Å². The number of amidine groups is 1. The average Bonchev–Trinajstić information content (AvgIpc) is 2.33. The molecule has 4 N–H and O–H groups in total. The van der Waals surface area contributed by atoms with Crippen LogP contribution in [0.1, 0.15) is 24.6 Å². The highest BCUT2D eigenvalue weighted by Gasteiger charge is 2.06. The number of nitrogen functional groups attached to an aromatic ring is 1. The number of nitrogens with zero attached hydrogens (tertiary/aromatic N) is 1. The van der Waals surface area contributed by atoms with Crippen molar-refractivity contribution in [2.45, 2.75) is 25.3 Å². The predicted octanol–water partition coefficient (Wildman–Crippen LogP) is 1.29. The van der Waals surface area contributed by atoms with Gasteiger partial charge in [-0.2, -0.15) is 0 Å². The average molecular weight is 266 g/mol. The number of pyridine rings is 1. The molecule has 0 aromatic carbocycles. The number of nitrogens with two attached hydrogens (primary N) is 1. The highest BCUT2D eigenvalue weighted by atomic mass is 32.2. The van der Waals surface area contributed by atoms with Gasteiger partial charge in [0.15, 0.2) is 0 Å². The van der Waals surface area contributed by atoms with Crippen LogP contribution in [-0.2, 0) is 4.79 Å². The highest BCUT2D eigenvalue weighted by molar-refractivity contribution is 7.99. The van der Waals surface area contributed by atoms with E-state index in [2.05, 4.69) is 10.3 Å². The molecule has 0 unspecified atom stereocenters. The lowest BCUT2D eigenvalue weighted by Gasteiger charge is -2.06. The van der Waals surface area contributed by atoms with Crippen LogP contribution in [0.3, 0.4) is 0 Å². The number of thioether (sulfide) groups is 1. The summed E-state index contributed by atoms with van der Waals surface area (Å²) in [5.41, 5.74) is 6.87. The molecule has 1 amide bonds. The summed E-state index contributed by atoms with van der Waals surface area (Å²) in [4.78, 5) is 15.8. The summed E-state index contributed by atoms with van der Waals surface area (Å²) in [7, 11) is 0. The van der Waals surface area contributed by atoms with Gasteiger partial charge in [-0.15, -0.1) is 0 Å². The first-order chi connectivity index (χ1) is 8.52. The van der Waals surface area contributed by atoms with E-state index in [9.17, 15) is 4.79 Å². The molecule has 5 nitrogen and oxygen atoms in total. The van der Waals surface area contributed by atoms with Gasteiger partial charge in [0.05, 0.1) is 10.8 Å². The lowest BCUT2D eigenvalue weighted by molar-refractivity contribution is -0.118. The Kier molecular flexibility index (Phi) is 5.64. The van der Waals surface area contributed by atoms with Crippen LogP contribution in [-0.4, -0.2) is 29.0 Å². The molecule has 0 radical (unpaired) electrons. The first kappa shape index (κ1) is 14.5. The summed E-state index contributed by atoms with van der Waals surface area (Å²) in [6.45, 7) is 4.54. The van der Waals surface area contributed by atoms with Crippen LogP contribution in [0.25, 0.3) is 0 Å². The van der Waals surface area contributed by atoms with Crippen LogP contribution in [0.15, 0.2) is 17.2 Å². The standard InChI is InChI=1S/C12H18N4OS/c1-3-4-15-10(17)7-18-11-6-9(12(13)14)5-8(2)16-11/h5-6H,3-4,7H2,1-2H3,(H3,13,14)(H,15,17). The topological polar surface area (TPSA) is 91.9 Å². The lowest BCUT2D eigenvalue weighted by Crippen LogP contribution is -2.25. The molecule has 18 heavy (non-hydrogen) atoms. The molecule has 0 aliphatic heterocycles. The molecule has 1 aromatic rings. The van der Waals surface area contributed by atoms with Gasteiger partial charge in [-0.25, -0.2) is 4.98 Å². The zero-order chi connectivity index (χ0) is 13.5. The number of aryl methyl sites for hydroxylation is 1. The van der Waals surface area contributed by atoms with Gasteiger partial charge in [-0.1, -0.05) is 18.7 Å². The second-order valence-corrected chi connectivity index (χ2v) is 4.88. The zero-order valence-electron chi connectivity index (χ0n) is 10.6. The molecule has 0 bridgehead atoms. The van der Waals surface area contributed by atoms with E-state index in [0.717, 1.165) is 12.1 Å². The minimum absolute atomic E-state index is 0.00506. The highest BCUT2D eigenvalue weighted by Crippen LogP contribution is 2.17. The van der Waals surface area contributed by atoms with Gasteiger partial charge in [-0.05, 0) is 25.5 Å². The van der Waals surface area contributed by atoms with Crippen LogP contribution in [0.2, 0.25) is 0 Å². The maximum atomic E-state index is 11.5. The number of carbonyl (C=O) groups is 1. The third-order valence-electron chi connectivity index (χ3n) is 2.16. The van der Waals surface area contributed by atoms with Crippen molar-refractivity contribution in [2.75, 3.05) is 12.3 Å². The van der Waals surface area contributed by atoms with E-state index in [1.165, 1.54) is 11.8 Å². The molecule has 0 fully saturated rings. The summed E-state index contributed by atoms with van der Waals surface area (Å²) < 4.78 is 0. The molecule has 6 heteroatoms. The Morgan fingerprint density at radius 1 is 1.56 bits per heavy atom. The van der Waals surface area contributed by atoms with E-state index in [-0.39, 0.29) is 11.7 Å². The van der Waals surface area contributed by atoms with Crippen molar-refractivity contribution >= 4 is 23.5 Å². The Bertz CT molecular complexity index is 448. The molecule has 0 saturated carbocycles. The second-order valence-electron chi connectivity index (χ2n) is 3.89. The predicted molar refractivity (Wildman–Crippen MR) is 74.0 cm³/mol. The van der Waals surface area contributed by atoms with Gasteiger partial charge < -0.3 is 11.1 Å². The molecule has 0 saturated heterocycles. The van der Waals surface area contributed by atoms with Crippen molar-refractivity contribution in [1.29, 1.82) is 5.41 Å². The maximum Gasteiger partial charge on any atom is 0.230 e. The Morgan fingerprint density at radius 2 is 2.28 bits per heavy atom. The number of hydrogen-bond donors (Lipinski definition) is 3. The van der Waals surface area contributed by atoms with Gasteiger partial charge in [-0.3, -0.25) is 10.2 Å². The number of hydrogen-bond acceptors (Lipinski definition) is 4. The third kappa shape index (κ3) is 4.75. The van der Waals surface area contributed by atoms with Gasteiger partial charge in [0.2, 0.25) is 5.91 Å². The van der Waals surface area contributed by atoms with Crippen LogP contribution < -0.4 is 11.1 Å². The van der Waals surface area contributed by atoms with Crippen molar-refractivity contribution in [1.82, 2.24) is 10.3 Å². The Balaban J connectivity index is 2.62. The first-order valence-electron chi connectivity index (χ1n) is 5.75. The molecule has 0 aliphatic rings. The van der Waals surface area contributed by atoms with Gasteiger partial charge >= 0.3 is 0 Å². The number of rotatable bonds is 6. The molecule has 1 heterocycles. The SMILES string of the molecule is CCCNC(=O)CSc1cc(C(=N)N)cc(C)n1. The number of aromatic nitrogens is 1. The van der Waals surface area contributed by atoms with E-state index in [4.69, 9.17) is 11.1 Å². The van der Waals surface area contributed by atoms with Crippen molar-refractivity contribution in [3.05, 3.63) is 23.4 Å². The molecule has 0 atom stereocenters. The normalized spacial score (nSPS) is 10.1. The largest absolute Gasteiger partial charge is 0.384 e. The van der Waals surface area contributed by atoms with Crippen LogP contribution >= 0.6 is 11.8 Å². The number of amides is 1. The van der Waals surface area contributed by atoms with Crippen LogP contribution in [0, 0.1) is 12.3 Å². The third-order valence-corrected chi connectivity index (χ3v) is 3.08. The molecule has 1 rings (SSSR count). The summed E-state index contributed by atoms with van der Waals surface area (Å²) >= 11 is 1.35. The van der Waals surface area contributed by atoms with Crippen molar-refractivity contribution in [3.63, 3.8) is 0 Å². The summed E-state index contributed by atoms with van der Waals surface area (Å²) in [5, 5.41) is 10.9. The zero-order valence-corrected chi connectivity index (χ0v) is 11.4. The second kappa shape index (κ2) is 7.00. The summed E-state index contributed by atoms with van der Waals surface area (Å²) in [6.07, 6.45) is 0.924. The molecule has 0 spiro atoms. The smallest absolute Gasteiger partial charge is 0.230 e. The first-order valence-corrected chi connectivity index (χ1v) is 6.74. The molecular formula is C12H18N4OS. The minimum atomic E-state index is -0.00506. The molecular weight excluding hydrogens is 248 g/mol. The van der Waals surface area contributed by atoms with Crippen LogP contribution in [0.5, 0.6) is 0 Å². The van der Waals surface area contributed by atoms with E-state index in [0.29, 0.717) is 22.9 Å². The Hall–Kier alpha value is -1.56. The van der Waals surface area contributed by atoms with Gasteiger partial charge in [0.25, 0.3) is 0 Å². The quantitative estimate of drug-likeness (QED) is 0.411. The van der Waals surface area contributed by atoms with Crippen LogP contribution in [0.4, 0.5) is 0 Å². The van der Waals surface area contributed by atoms with Gasteiger partial charge in [0.1, 0.15) is 5.84 Å². The molecule has 0 aliphatic carbocycles. The lowest BCUT2D eigenvalue weighted by atomic mass is 10.2. The monoisotopic (exact) mass is 266 g/mol. The van der Waals surface area contributed by atoms with E-state index >= 15 is 0 Å². The van der Waals surface area contributed by atoms with Crippen molar-refractivity contribution in [2.24, 2.45) is 5.73 Å². The molecule has 1 aromatic heterocycles. The fraction of sp³-hybridized carbons (Fsp3) is 0.417. The number of nitrogens with one attached hydrogen (secondary N) is 2. The number of carbonyl (C=O) groups excluding carboxylic acids is 1. The van der Waals surface area contributed by atoms with Crippen molar-refractivity contribution < 1.29 is 4.79 Å². The summed E-state index contributed by atoms with van der Waals surface area (Å²) in [5.74, 6) is 0.334. The Morgan fingerprint density at radius 3 is 2.89 bits per heavy atom. The minimum Gasteiger partial charge on any atom is -0.384 e. The van der Waals surface area contributed by atoms with E-state index < -0.39 is 0 Å². The van der Waals surface area contributed by atoms with E-state index in [1.54, 1.807) is 12.1 Å². The van der Waals surface area contributed by atoms with Gasteiger partial charge in [0, 0.05) is 17.8 Å². The summed E-state index contributed by atoms with van der Waals surface area (Å²) in [6, 6.07) is 3.48.